The van der Waals surface area contributed by atoms with Gasteiger partial charge in [0.1, 0.15) is 22.8 Å². The topological polar surface area (TPSA) is 138 Å². The number of likely N-dealkylation sites (tertiary alicyclic amines) is 2. The predicted molar refractivity (Wildman–Crippen MR) is 214 cm³/mol. The Bertz CT molecular complexity index is 2150. The third kappa shape index (κ3) is 7.79. The van der Waals surface area contributed by atoms with E-state index in [0.29, 0.717) is 65.5 Å². The number of nitrogens with one attached hydrogen (secondary N) is 2. The first-order valence-corrected chi connectivity index (χ1v) is 21.4. The van der Waals surface area contributed by atoms with Crippen molar-refractivity contribution >= 4 is 51.1 Å². The molecule has 2 aromatic carbocycles. The molecule has 1 unspecified atom stereocenters. The van der Waals surface area contributed by atoms with Crippen LogP contribution >= 0.6 is 11.8 Å². The maximum atomic E-state index is 15.1. The summed E-state index contributed by atoms with van der Waals surface area (Å²) in [6.07, 6.45) is 7.17. The average Bonchev–Trinajstić information content (AvgIpc) is 3.51. The molecule has 5 saturated heterocycles. The number of fused-ring (bicyclic) bond motifs is 2. The zero-order valence-electron chi connectivity index (χ0n) is 32.0. The Kier molecular flexibility index (Phi) is 10.8. The van der Waals surface area contributed by atoms with Crippen molar-refractivity contribution in [2.24, 2.45) is 13.0 Å². The maximum absolute atomic E-state index is 15.1. The van der Waals surface area contributed by atoms with Gasteiger partial charge < -0.3 is 19.4 Å². The van der Waals surface area contributed by atoms with Crippen LogP contribution in [0.4, 0.5) is 10.1 Å². The van der Waals surface area contributed by atoms with Crippen LogP contribution in [0.5, 0.6) is 5.75 Å². The zero-order chi connectivity index (χ0) is 38.3. The smallest absolute Gasteiger partial charge is 0.261 e. The summed E-state index contributed by atoms with van der Waals surface area (Å²) in [6, 6.07) is 10.7. The van der Waals surface area contributed by atoms with E-state index >= 15 is 4.39 Å². The summed E-state index contributed by atoms with van der Waals surface area (Å²) in [5, 5.41) is 8.62. The molecule has 5 fully saturated rings. The van der Waals surface area contributed by atoms with Gasteiger partial charge in [-0.2, -0.15) is 16.9 Å². The fourth-order valence-corrected chi connectivity index (χ4v) is 10.4. The number of rotatable bonds is 10. The number of aryl methyl sites for hydroxylation is 1. The molecule has 15 heteroatoms. The van der Waals surface area contributed by atoms with E-state index in [-0.39, 0.29) is 17.2 Å². The highest BCUT2D eigenvalue weighted by Crippen LogP contribution is 2.35. The number of anilines is 1. The number of hydrogen-bond acceptors (Lipinski definition) is 11. The minimum Gasteiger partial charge on any atom is -0.493 e. The van der Waals surface area contributed by atoms with Gasteiger partial charge in [0.05, 0.1) is 35.0 Å². The fourth-order valence-electron chi connectivity index (χ4n) is 9.33. The van der Waals surface area contributed by atoms with E-state index in [1.165, 1.54) is 11.8 Å². The van der Waals surface area contributed by atoms with E-state index < -0.39 is 17.3 Å². The summed E-state index contributed by atoms with van der Waals surface area (Å²) in [4.78, 5) is 52.1. The number of hydrogen-bond donors (Lipinski definition) is 2. The van der Waals surface area contributed by atoms with E-state index in [2.05, 4.69) is 48.2 Å². The molecule has 4 aromatic rings. The number of halogens is 1. The second-order valence-electron chi connectivity index (χ2n) is 16.3. The van der Waals surface area contributed by atoms with Crippen molar-refractivity contribution in [1.82, 2.24) is 34.9 Å². The molecule has 0 radical (unpaired) electrons. The lowest BCUT2D eigenvalue weighted by Gasteiger charge is -2.52. The number of aromatic amines is 1. The lowest BCUT2D eigenvalue weighted by molar-refractivity contribution is -0.134. The number of aromatic nitrogens is 4. The summed E-state index contributed by atoms with van der Waals surface area (Å²) in [6.45, 7) is 8.39. The van der Waals surface area contributed by atoms with E-state index in [9.17, 15) is 14.4 Å². The summed E-state index contributed by atoms with van der Waals surface area (Å²) >= 11 is 1.76. The molecule has 0 saturated carbocycles. The number of carbonyl (C=O) groups is 2. The first kappa shape index (κ1) is 37.5. The number of imide groups is 1. The molecule has 0 bridgehead atoms. The second-order valence-corrected chi connectivity index (χ2v) is 17.6. The van der Waals surface area contributed by atoms with Crippen molar-refractivity contribution in [3.05, 3.63) is 58.0 Å². The second kappa shape index (κ2) is 16.1. The summed E-state index contributed by atoms with van der Waals surface area (Å²) < 4.78 is 28.5. The van der Waals surface area contributed by atoms with Crippen molar-refractivity contribution < 1.29 is 23.5 Å². The maximum Gasteiger partial charge on any atom is 0.261 e. The van der Waals surface area contributed by atoms with Crippen LogP contribution < -0.4 is 20.5 Å². The van der Waals surface area contributed by atoms with Crippen molar-refractivity contribution in [3.63, 3.8) is 0 Å². The Labute approximate surface area is 329 Å². The fraction of sp³-hybridized carbons (Fsp3) is 0.585. The molecule has 2 aromatic heterocycles. The highest BCUT2D eigenvalue weighted by atomic mass is 32.2. The van der Waals surface area contributed by atoms with Gasteiger partial charge in [0.25, 0.3) is 5.56 Å². The van der Waals surface area contributed by atoms with Crippen LogP contribution in [0.2, 0.25) is 0 Å². The Morgan fingerprint density at radius 3 is 2.48 bits per heavy atom. The molecule has 9 rings (SSSR count). The van der Waals surface area contributed by atoms with Gasteiger partial charge in [-0.05, 0) is 82.2 Å². The average molecular weight is 787 g/mol. The minimum atomic E-state index is -0.599. The van der Waals surface area contributed by atoms with Gasteiger partial charge in [0.15, 0.2) is 0 Å². The summed E-state index contributed by atoms with van der Waals surface area (Å²) in [5.41, 5.74) is 2.84. The van der Waals surface area contributed by atoms with Gasteiger partial charge in [0, 0.05) is 93.4 Å². The molecule has 5 aliphatic heterocycles. The van der Waals surface area contributed by atoms with Crippen LogP contribution in [-0.2, 0) is 27.1 Å². The third-order valence-corrected chi connectivity index (χ3v) is 14.1. The summed E-state index contributed by atoms with van der Waals surface area (Å²) in [7, 11) is 1.92. The van der Waals surface area contributed by atoms with Gasteiger partial charge in [-0.3, -0.25) is 34.2 Å². The normalized spacial score (nSPS) is 22.9. The van der Waals surface area contributed by atoms with Crippen molar-refractivity contribution in [3.8, 4) is 5.75 Å². The number of carbonyl (C=O) groups excluding carboxylic acids is 2. The van der Waals surface area contributed by atoms with Gasteiger partial charge in [0.2, 0.25) is 11.8 Å². The highest BCUT2D eigenvalue weighted by molar-refractivity contribution is 7.99. The molecule has 0 aliphatic carbocycles. The van der Waals surface area contributed by atoms with Crippen LogP contribution in [-0.4, -0.2) is 118 Å². The summed E-state index contributed by atoms with van der Waals surface area (Å²) in [5.74, 6) is 0.499. The molecule has 13 nitrogen and oxygen atoms in total. The monoisotopic (exact) mass is 786 g/mol. The SMILES string of the molecule is Cn1nc(C2CCC(=O)NC2=O)c2ccc(N3CCC(N4CC(N5CCC(COc6cc(F)c7c(=O)[nH]c(CSC8CCOCC8)nc7c6)CC5)C4)CC3)cc21. The first-order valence-electron chi connectivity index (χ1n) is 20.3. The molecular weight excluding hydrogens is 736 g/mol. The number of nitrogens with zero attached hydrogens (tertiary/aromatic N) is 6. The van der Waals surface area contributed by atoms with Gasteiger partial charge in [-0.25, -0.2) is 9.37 Å². The predicted octanol–water partition coefficient (Wildman–Crippen LogP) is 4.33. The van der Waals surface area contributed by atoms with Crippen LogP contribution in [0.25, 0.3) is 21.8 Å². The zero-order valence-corrected chi connectivity index (χ0v) is 32.8. The molecule has 0 spiro atoms. The molecule has 298 valence electrons. The lowest BCUT2D eigenvalue weighted by Crippen LogP contribution is -2.64. The van der Waals surface area contributed by atoms with Crippen molar-refractivity contribution in [1.29, 1.82) is 0 Å². The van der Waals surface area contributed by atoms with E-state index in [0.717, 1.165) is 108 Å². The molecule has 2 N–H and O–H groups in total. The number of piperidine rings is 3. The van der Waals surface area contributed by atoms with Gasteiger partial charge in [-0.15, -0.1) is 0 Å². The molecular formula is C41H51FN8O5S. The molecule has 5 aliphatic rings. The molecule has 56 heavy (non-hydrogen) atoms. The van der Waals surface area contributed by atoms with E-state index in [4.69, 9.17) is 14.6 Å². The largest absolute Gasteiger partial charge is 0.493 e. The van der Waals surface area contributed by atoms with E-state index in [1.807, 2.05) is 11.7 Å². The number of benzene rings is 2. The van der Waals surface area contributed by atoms with Crippen LogP contribution in [0.3, 0.4) is 0 Å². The molecule has 2 amide bonds. The Balaban J connectivity index is 0.721. The Morgan fingerprint density at radius 2 is 1.71 bits per heavy atom. The first-order chi connectivity index (χ1) is 27.3. The standard InChI is InChI=1S/C41H51FN8O5S/c1-47-35-18-27(2-3-31(35)39(46-47)32-4-5-37(51)45-40(32)52)48-14-8-26(9-15-48)50-21-28(22-50)49-12-6-25(7-13-49)23-55-29-19-33(42)38-34(20-29)43-36(44-41(38)53)24-56-30-10-16-54-17-11-30/h2-3,18-20,25-26,28,30,32H,4-17,21-24H2,1H3,(H,43,44,53)(H,45,51,52). The molecule has 1 atom stereocenters. The number of H-pyrrole nitrogens is 1. The quantitative estimate of drug-likeness (QED) is 0.223. The van der Waals surface area contributed by atoms with E-state index in [1.54, 1.807) is 17.8 Å². The van der Waals surface area contributed by atoms with Crippen molar-refractivity contribution in [2.45, 2.75) is 80.4 Å². The van der Waals surface area contributed by atoms with Gasteiger partial charge >= 0.3 is 0 Å². The Morgan fingerprint density at radius 1 is 0.929 bits per heavy atom. The number of ether oxygens (including phenoxy) is 2. The number of thioether (sulfide) groups is 1. The highest BCUT2D eigenvalue weighted by Gasteiger charge is 2.38. The Hall–Kier alpha value is -4.05. The third-order valence-electron chi connectivity index (χ3n) is 12.7. The lowest BCUT2D eigenvalue weighted by atomic mass is 9.92. The van der Waals surface area contributed by atoms with Gasteiger partial charge in [-0.1, -0.05) is 0 Å². The van der Waals surface area contributed by atoms with Crippen molar-refractivity contribution in [2.75, 3.05) is 64.0 Å². The minimum absolute atomic E-state index is 0.0170. The van der Waals surface area contributed by atoms with Crippen LogP contribution in [0, 0.1) is 11.7 Å². The van der Waals surface area contributed by atoms with Crippen LogP contribution in [0.1, 0.15) is 68.8 Å². The number of amides is 2. The van der Waals surface area contributed by atoms with Crippen LogP contribution in [0.15, 0.2) is 35.1 Å². The molecule has 7 heterocycles.